The van der Waals surface area contributed by atoms with Crippen molar-refractivity contribution in [3.8, 4) is 29.2 Å². The van der Waals surface area contributed by atoms with Crippen LogP contribution in [0, 0.1) is 12.3 Å². The molecule has 0 saturated carbocycles. The third-order valence-corrected chi connectivity index (χ3v) is 2.90. The molecule has 2 rings (SSSR count). The van der Waals surface area contributed by atoms with Gasteiger partial charge in [-0.05, 0) is 40.1 Å². The number of terminal acetylenes is 1. The Morgan fingerprint density at radius 3 is 2.50 bits per heavy atom. The second-order valence-electron chi connectivity index (χ2n) is 3.42. The van der Waals surface area contributed by atoms with Crippen molar-refractivity contribution >= 4 is 11.3 Å². The van der Waals surface area contributed by atoms with Crippen molar-refractivity contribution in [2.24, 2.45) is 0 Å². The average molecular weight is 268 g/mol. The Bertz CT molecular complexity index is 579. The Kier molecular flexibility index (Phi) is 3.30. The number of benzene rings is 1. The average Bonchev–Trinajstić information content (AvgIpc) is 2.80. The summed E-state index contributed by atoms with van der Waals surface area (Å²) >= 11 is 1.46. The van der Waals surface area contributed by atoms with Gasteiger partial charge in [-0.15, -0.1) is 19.6 Å². The number of hydrogen-bond donors (Lipinski definition) is 0. The molecule has 18 heavy (non-hydrogen) atoms. The molecule has 0 aliphatic rings. The molecule has 1 aromatic heterocycles. The maximum Gasteiger partial charge on any atom is 0.573 e. The van der Waals surface area contributed by atoms with Crippen LogP contribution in [0.2, 0.25) is 0 Å². The van der Waals surface area contributed by atoms with Crippen LogP contribution in [0.4, 0.5) is 13.2 Å². The minimum atomic E-state index is -4.75. The first-order valence-corrected chi connectivity index (χ1v) is 5.83. The molecule has 1 aromatic carbocycles. The summed E-state index contributed by atoms with van der Waals surface area (Å²) in [4.78, 5) is 0. The van der Waals surface area contributed by atoms with Crippen molar-refractivity contribution in [2.45, 2.75) is 6.36 Å². The Morgan fingerprint density at radius 2 is 1.94 bits per heavy atom. The maximum absolute atomic E-state index is 12.2. The van der Waals surface area contributed by atoms with E-state index in [1.165, 1.54) is 23.5 Å². The number of thiophene rings is 1. The van der Waals surface area contributed by atoms with Crippen LogP contribution in [0.5, 0.6) is 5.75 Å². The summed E-state index contributed by atoms with van der Waals surface area (Å²) < 4.78 is 40.7. The zero-order valence-electron chi connectivity index (χ0n) is 8.99. The van der Waals surface area contributed by atoms with Gasteiger partial charge in [0.15, 0.2) is 0 Å². The topological polar surface area (TPSA) is 9.23 Å². The summed E-state index contributed by atoms with van der Waals surface area (Å²) in [6, 6.07) is 6.21. The SMILES string of the molecule is C#Cc1ccc(-c2ccsc2)cc1OC(F)(F)F. The third-order valence-electron chi connectivity index (χ3n) is 2.22. The van der Waals surface area contributed by atoms with E-state index in [0.717, 1.165) is 5.56 Å². The monoisotopic (exact) mass is 268 g/mol. The molecule has 0 amide bonds. The number of hydrogen-bond acceptors (Lipinski definition) is 2. The van der Waals surface area contributed by atoms with Gasteiger partial charge in [-0.25, -0.2) is 0 Å². The van der Waals surface area contributed by atoms with Gasteiger partial charge in [-0.3, -0.25) is 0 Å². The molecule has 0 spiro atoms. The zero-order chi connectivity index (χ0) is 13.2. The highest BCUT2D eigenvalue weighted by atomic mass is 32.1. The lowest BCUT2D eigenvalue weighted by atomic mass is 10.1. The molecule has 0 atom stereocenters. The Hall–Kier alpha value is -1.93. The van der Waals surface area contributed by atoms with Gasteiger partial charge < -0.3 is 4.74 Å². The standard InChI is InChI=1S/C13H7F3OS/c1-2-9-3-4-10(11-5-6-18-8-11)7-12(9)17-13(14,15)16/h1,3-8H. The molecule has 0 radical (unpaired) electrons. The maximum atomic E-state index is 12.2. The number of rotatable bonds is 2. The highest BCUT2D eigenvalue weighted by molar-refractivity contribution is 7.08. The molecule has 1 heterocycles. The second-order valence-corrected chi connectivity index (χ2v) is 4.20. The molecule has 2 aromatic rings. The van der Waals surface area contributed by atoms with Gasteiger partial charge in [-0.2, -0.15) is 11.3 Å². The fraction of sp³-hybridized carbons (Fsp3) is 0.0769. The van der Waals surface area contributed by atoms with Crippen LogP contribution < -0.4 is 4.74 Å². The largest absolute Gasteiger partial charge is 0.573 e. The molecule has 92 valence electrons. The van der Waals surface area contributed by atoms with Crippen molar-refractivity contribution in [3.63, 3.8) is 0 Å². The van der Waals surface area contributed by atoms with Crippen LogP contribution in [0.25, 0.3) is 11.1 Å². The van der Waals surface area contributed by atoms with E-state index >= 15 is 0 Å². The lowest BCUT2D eigenvalue weighted by molar-refractivity contribution is -0.274. The van der Waals surface area contributed by atoms with E-state index in [9.17, 15) is 13.2 Å². The molecule has 0 N–H and O–H groups in total. The van der Waals surface area contributed by atoms with Gasteiger partial charge >= 0.3 is 6.36 Å². The van der Waals surface area contributed by atoms with Crippen molar-refractivity contribution in [2.75, 3.05) is 0 Å². The van der Waals surface area contributed by atoms with E-state index in [4.69, 9.17) is 6.42 Å². The molecule has 5 heteroatoms. The Morgan fingerprint density at radius 1 is 1.17 bits per heavy atom. The summed E-state index contributed by atoms with van der Waals surface area (Å²) in [5.74, 6) is 1.82. The van der Waals surface area contributed by atoms with Crippen molar-refractivity contribution in [1.29, 1.82) is 0 Å². The summed E-state index contributed by atoms with van der Waals surface area (Å²) in [6.45, 7) is 0. The first kappa shape index (κ1) is 12.5. The van der Waals surface area contributed by atoms with E-state index in [1.54, 1.807) is 6.07 Å². The predicted octanol–water partition coefficient (Wildman–Crippen LogP) is 4.30. The summed E-state index contributed by atoms with van der Waals surface area (Å²) in [5, 5.41) is 3.68. The zero-order valence-corrected chi connectivity index (χ0v) is 9.81. The van der Waals surface area contributed by atoms with E-state index < -0.39 is 6.36 Å². The smallest absolute Gasteiger partial charge is 0.404 e. The van der Waals surface area contributed by atoms with Crippen LogP contribution in [0.1, 0.15) is 5.56 Å². The molecule has 0 bridgehead atoms. The predicted molar refractivity (Wildman–Crippen MR) is 64.4 cm³/mol. The number of halogens is 3. The Balaban J connectivity index is 2.43. The summed E-state index contributed by atoms with van der Waals surface area (Å²) in [7, 11) is 0. The van der Waals surface area contributed by atoms with Crippen LogP contribution in [-0.4, -0.2) is 6.36 Å². The lowest BCUT2D eigenvalue weighted by Crippen LogP contribution is -2.17. The summed E-state index contributed by atoms with van der Waals surface area (Å²) in [6.07, 6.45) is 0.392. The van der Waals surface area contributed by atoms with Crippen LogP contribution in [0.3, 0.4) is 0 Å². The third kappa shape index (κ3) is 2.84. The minimum Gasteiger partial charge on any atom is -0.404 e. The van der Waals surface area contributed by atoms with Crippen molar-refractivity contribution < 1.29 is 17.9 Å². The second kappa shape index (κ2) is 4.75. The van der Waals surface area contributed by atoms with E-state index in [2.05, 4.69) is 10.7 Å². The molecule has 0 unspecified atom stereocenters. The van der Waals surface area contributed by atoms with Crippen molar-refractivity contribution in [1.82, 2.24) is 0 Å². The summed E-state index contributed by atoms with van der Waals surface area (Å²) in [5.41, 5.74) is 1.54. The van der Waals surface area contributed by atoms with Crippen LogP contribution in [-0.2, 0) is 0 Å². The highest BCUT2D eigenvalue weighted by Gasteiger charge is 2.32. The van der Waals surface area contributed by atoms with Gasteiger partial charge in [0.25, 0.3) is 0 Å². The molecule has 0 aliphatic carbocycles. The molecular formula is C13H7F3OS. The quantitative estimate of drug-likeness (QED) is 0.738. The van der Waals surface area contributed by atoms with Gasteiger partial charge in [0, 0.05) is 0 Å². The molecule has 0 fully saturated rings. The first-order valence-electron chi connectivity index (χ1n) is 4.88. The first-order chi connectivity index (χ1) is 8.49. The molecule has 0 saturated heterocycles. The lowest BCUT2D eigenvalue weighted by Gasteiger charge is -2.11. The minimum absolute atomic E-state index is 0.0753. The van der Waals surface area contributed by atoms with Gasteiger partial charge in [0.2, 0.25) is 0 Å². The normalized spacial score (nSPS) is 11.0. The van der Waals surface area contributed by atoms with Gasteiger partial charge in [-0.1, -0.05) is 12.0 Å². The Labute approximate surface area is 106 Å². The van der Waals surface area contributed by atoms with Crippen LogP contribution in [0.15, 0.2) is 35.0 Å². The number of ether oxygens (including phenoxy) is 1. The molecular weight excluding hydrogens is 261 g/mol. The fourth-order valence-electron chi connectivity index (χ4n) is 1.46. The number of alkyl halides is 3. The van der Waals surface area contributed by atoms with Gasteiger partial charge in [0.05, 0.1) is 5.56 Å². The van der Waals surface area contributed by atoms with E-state index in [0.29, 0.717) is 5.56 Å². The fourth-order valence-corrected chi connectivity index (χ4v) is 2.12. The van der Waals surface area contributed by atoms with E-state index in [-0.39, 0.29) is 11.3 Å². The highest BCUT2D eigenvalue weighted by Crippen LogP contribution is 2.31. The van der Waals surface area contributed by atoms with Crippen LogP contribution >= 0.6 is 11.3 Å². The van der Waals surface area contributed by atoms with Gasteiger partial charge in [0.1, 0.15) is 5.75 Å². The molecule has 1 nitrogen and oxygen atoms in total. The molecule has 0 aliphatic heterocycles. The van der Waals surface area contributed by atoms with Crippen molar-refractivity contribution in [3.05, 3.63) is 40.6 Å². The van der Waals surface area contributed by atoms with E-state index in [1.807, 2.05) is 16.8 Å².